The van der Waals surface area contributed by atoms with Gasteiger partial charge >= 0.3 is 0 Å². The molecule has 0 unspecified atom stereocenters. The molecule has 1 aliphatic heterocycles. The molecule has 10 heteroatoms. The zero-order valence-corrected chi connectivity index (χ0v) is 18.8. The zero-order valence-electron chi connectivity index (χ0n) is 18.8. The SMILES string of the molecule is CN1Cc2nc3ccccn3c2-c2cnc3n[nH]c(c3n2)-c2cn(nc2C2CC2)CCCC1=O.[HH]. The van der Waals surface area contributed by atoms with Gasteiger partial charge in [-0.2, -0.15) is 10.2 Å². The number of fused-ring (bicyclic) bond motifs is 8. The Morgan fingerprint density at radius 3 is 3.00 bits per heavy atom. The van der Waals surface area contributed by atoms with Crippen molar-refractivity contribution in [3.05, 3.63) is 48.2 Å². The number of aromatic nitrogens is 8. The van der Waals surface area contributed by atoms with Gasteiger partial charge in [-0.25, -0.2) is 15.0 Å². The third-order valence-corrected chi connectivity index (χ3v) is 6.72. The molecule has 34 heavy (non-hydrogen) atoms. The van der Waals surface area contributed by atoms with Gasteiger partial charge in [-0.3, -0.25) is 19.0 Å². The van der Waals surface area contributed by atoms with Gasteiger partial charge in [0.05, 0.1) is 35.5 Å². The Hall–Kier alpha value is -4.08. The standard InChI is InChI=1S/C24H23N9O.H2/c1-31-13-17-23(33-10-3-2-5-18(33)26-17)16-11-25-24-22(27-16)21(28-29-24)15-12-32(9-4-6-19(31)34)30-20(15)14-7-8-14;/h2-3,5,10-12,14H,4,6-9,13H2,1H3,(H,25,28,29);1H. The van der Waals surface area contributed by atoms with E-state index in [9.17, 15) is 4.79 Å². The van der Waals surface area contributed by atoms with Crippen molar-refractivity contribution in [1.82, 2.24) is 44.2 Å². The van der Waals surface area contributed by atoms with Gasteiger partial charge < -0.3 is 4.90 Å². The molecule has 7 rings (SSSR count). The highest BCUT2D eigenvalue weighted by molar-refractivity contribution is 5.89. The molecule has 0 atom stereocenters. The van der Waals surface area contributed by atoms with Crippen molar-refractivity contribution in [3.63, 3.8) is 0 Å². The van der Waals surface area contributed by atoms with Crippen LogP contribution >= 0.6 is 0 Å². The van der Waals surface area contributed by atoms with Crippen LogP contribution in [-0.2, 0) is 17.9 Å². The van der Waals surface area contributed by atoms with Gasteiger partial charge in [0.2, 0.25) is 5.91 Å². The minimum Gasteiger partial charge on any atom is -0.340 e. The van der Waals surface area contributed by atoms with Crippen molar-refractivity contribution in [2.75, 3.05) is 7.05 Å². The maximum atomic E-state index is 12.9. The van der Waals surface area contributed by atoms with Crippen molar-refractivity contribution < 1.29 is 6.22 Å². The molecular weight excluding hydrogens is 430 g/mol. The van der Waals surface area contributed by atoms with Gasteiger partial charge in [0, 0.05) is 45.3 Å². The zero-order chi connectivity index (χ0) is 22.8. The summed E-state index contributed by atoms with van der Waals surface area (Å²) in [5.74, 6) is 0.548. The molecule has 5 aromatic heterocycles. The van der Waals surface area contributed by atoms with Gasteiger partial charge in [0.25, 0.3) is 0 Å². The number of carbonyl (C=O) groups excluding carboxylic acids is 1. The summed E-state index contributed by atoms with van der Waals surface area (Å²) in [6, 6.07) is 5.88. The Morgan fingerprint density at radius 1 is 1.21 bits per heavy atom. The number of nitrogens with one attached hydrogen (secondary N) is 1. The van der Waals surface area contributed by atoms with Crippen LogP contribution in [0.3, 0.4) is 0 Å². The summed E-state index contributed by atoms with van der Waals surface area (Å²) >= 11 is 0. The molecule has 1 amide bonds. The van der Waals surface area contributed by atoms with E-state index in [2.05, 4.69) is 21.4 Å². The molecule has 1 fully saturated rings. The second kappa shape index (κ2) is 7.21. The van der Waals surface area contributed by atoms with Crippen molar-refractivity contribution in [2.45, 2.75) is 44.7 Å². The smallest absolute Gasteiger partial charge is 0.222 e. The van der Waals surface area contributed by atoms with Crippen LogP contribution in [0.25, 0.3) is 39.5 Å². The molecule has 0 saturated heterocycles. The van der Waals surface area contributed by atoms with Crippen LogP contribution in [0.1, 0.15) is 44.4 Å². The van der Waals surface area contributed by atoms with Crippen LogP contribution in [0.15, 0.2) is 36.8 Å². The lowest BCUT2D eigenvalue weighted by atomic mass is 10.1. The van der Waals surface area contributed by atoms with Crippen molar-refractivity contribution in [3.8, 4) is 22.6 Å². The van der Waals surface area contributed by atoms with Gasteiger partial charge in [-0.15, -0.1) is 0 Å². The Labute approximate surface area is 196 Å². The monoisotopic (exact) mass is 455 g/mol. The first kappa shape index (κ1) is 19.4. The molecule has 10 nitrogen and oxygen atoms in total. The summed E-state index contributed by atoms with van der Waals surface area (Å²) in [5.41, 5.74) is 7.36. The first-order chi connectivity index (χ1) is 16.7. The summed E-state index contributed by atoms with van der Waals surface area (Å²) in [7, 11) is 1.83. The number of carbonyl (C=O) groups is 1. The fraction of sp³-hybridized carbons (Fsp3) is 0.333. The topological polar surface area (TPSA) is 110 Å². The van der Waals surface area contributed by atoms with E-state index in [4.69, 9.17) is 15.1 Å². The van der Waals surface area contributed by atoms with Gasteiger partial charge in [-0.1, -0.05) is 6.07 Å². The van der Waals surface area contributed by atoms with Crippen LogP contribution in [-0.4, -0.2) is 57.2 Å². The van der Waals surface area contributed by atoms with E-state index in [1.165, 1.54) is 0 Å². The predicted octanol–water partition coefficient (Wildman–Crippen LogP) is 3.41. The summed E-state index contributed by atoms with van der Waals surface area (Å²) in [4.78, 5) is 29.1. The average molecular weight is 456 g/mol. The number of hydrogen-bond donors (Lipinski definition) is 1. The van der Waals surface area contributed by atoms with Crippen LogP contribution in [0.4, 0.5) is 0 Å². The molecule has 1 saturated carbocycles. The van der Waals surface area contributed by atoms with Crippen LogP contribution in [0.5, 0.6) is 0 Å². The first-order valence-corrected chi connectivity index (χ1v) is 11.6. The third kappa shape index (κ3) is 3.01. The second-order valence-electron chi connectivity index (χ2n) is 9.18. The van der Waals surface area contributed by atoms with E-state index in [0.29, 0.717) is 36.8 Å². The van der Waals surface area contributed by atoms with Crippen LogP contribution < -0.4 is 0 Å². The fourth-order valence-corrected chi connectivity index (χ4v) is 4.82. The lowest BCUT2D eigenvalue weighted by Gasteiger charge is -2.17. The highest BCUT2D eigenvalue weighted by atomic mass is 16.2. The Bertz CT molecular complexity index is 1580. The molecule has 172 valence electrons. The number of nitrogens with zero attached hydrogens (tertiary/aromatic N) is 8. The maximum Gasteiger partial charge on any atom is 0.222 e. The van der Waals surface area contributed by atoms with Gasteiger partial charge in [0.15, 0.2) is 5.65 Å². The molecular formula is C24H25N9O. The first-order valence-electron chi connectivity index (χ1n) is 11.6. The fourth-order valence-electron chi connectivity index (χ4n) is 4.82. The molecule has 6 heterocycles. The van der Waals surface area contributed by atoms with E-state index < -0.39 is 0 Å². The molecule has 4 bridgehead atoms. The lowest BCUT2D eigenvalue weighted by Crippen LogP contribution is -2.26. The number of rotatable bonds is 1. The summed E-state index contributed by atoms with van der Waals surface area (Å²) in [5, 5.41) is 12.5. The van der Waals surface area contributed by atoms with E-state index >= 15 is 0 Å². The average Bonchev–Trinajstić information content (AvgIpc) is 3.31. The van der Waals surface area contributed by atoms with E-state index in [0.717, 1.165) is 58.8 Å². The Morgan fingerprint density at radius 2 is 2.12 bits per heavy atom. The summed E-state index contributed by atoms with van der Waals surface area (Å²) < 4.78 is 3.97. The normalized spacial score (nSPS) is 16.7. The Kier molecular flexibility index (Phi) is 4.11. The molecule has 1 N–H and O–H groups in total. The van der Waals surface area contributed by atoms with Crippen molar-refractivity contribution >= 4 is 22.7 Å². The van der Waals surface area contributed by atoms with Gasteiger partial charge in [0.1, 0.15) is 16.9 Å². The number of aromatic amines is 1. The number of amides is 1. The highest BCUT2D eigenvalue weighted by Crippen LogP contribution is 2.44. The predicted molar refractivity (Wildman–Crippen MR) is 127 cm³/mol. The second-order valence-corrected chi connectivity index (χ2v) is 9.18. The van der Waals surface area contributed by atoms with Crippen molar-refractivity contribution in [1.29, 1.82) is 0 Å². The lowest BCUT2D eigenvalue weighted by molar-refractivity contribution is -0.130. The highest BCUT2D eigenvalue weighted by Gasteiger charge is 2.31. The quantitative estimate of drug-likeness (QED) is 0.415. The molecule has 5 aromatic rings. The molecule has 0 aromatic carbocycles. The molecule has 2 aliphatic rings. The summed E-state index contributed by atoms with van der Waals surface area (Å²) in [6.45, 7) is 1.08. The minimum absolute atomic E-state index is 0. The largest absolute Gasteiger partial charge is 0.340 e. The van der Waals surface area contributed by atoms with Crippen LogP contribution in [0, 0.1) is 0 Å². The molecule has 1 aliphatic carbocycles. The number of H-pyrrole nitrogens is 1. The minimum atomic E-state index is 0. The van der Waals surface area contributed by atoms with E-state index in [-0.39, 0.29) is 7.33 Å². The molecule has 0 spiro atoms. The van der Waals surface area contributed by atoms with Gasteiger partial charge in [-0.05, 0) is 31.4 Å². The number of pyridine rings is 1. The summed E-state index contributed by atoms with van der Waals surface area (Å²) in [6.07, 6.45) is 9.21. The molecule has 0 radical (unpaired) electrons. The Balaban J connectivity index is 0.00000229. The van der Waals surface area contributed by atoms with Crippen molar-refractivity contribution in [2.24, 2.45) is 0 Å². The van der Waals surface area contributed by atoms with Crippen LogP contribution in [0.2, 0.25) is 0 Å². The van der Waals surface area contributed by atoms with E-state index in [1.54, 1.807) is 11.1 Å². The third-order valence-electron chi connectivity index (χ3n) is 6.72. The number of hydrogen-bond acceptors (Lipinski definition) is 6. The number of imidazole rings is 1. The maximum absolute atomic E-state index is 12.9. The van der Waals surface area contributed by atoms with E-state index in [1.807, 2.05) is 40.5 Å². The number of aryl methyl sites for hydroxylation is 1.